The van der Waals surface area contributed by atoms with Crippen molar-refractivity contribution in [2.45, 2.75) is 0 Å². The number of ether oxygens (including phenoxy) is 1. The fourth-order valence-corrected chi connectivity index (χ4v) is 2.32. The van der Waals surface area contributed by atoms with Crippen LogP contribution in [0.4, 0.5) is 5.13 Å². The number of benzene rings is 1. The number of hydrogen-bond acceptors (Lipinski definition) is 5. The van der Waals surface area contributed by atoms with E-state index in [4.69, 9.17) is 4.74 Å². The fraction of sp³-hybridized carbons (Fsp3) is 0.214. The molecule has 0 bridgehead atoms. The Kier molecular flexibility index (Phi) is 4.47. The summed E-state index contributed by atoms with van der Waals surface area (Å²) in [6.45, 7) is 0. The van der Waals surface area contributed by atoms with Crippen molar-refractivity contribution in [1.82, 2.24) is 9.88 Å². The fourth-order valence-electron chi connectivity index (χ4n) is 1.58. The number of aliphatic imine (C=N–C) groups is 1. The molecule has 0 fully saturated rings. The van der Waals surface area contributed by atoms with Gasteiger partial charge >= 0.3 is 0 Å². The smallest absolute Gasteiger partial charge is 0.211 e. The van der Waals surface area contributed by atoms with E-state index in [1.165, 1.54) is 11.3 Å². The number of methoxy groups -OCH3 is 1. The highest BCUT2D eigenvalue weighted by Gasteiger charge is 2.12. The summed E-state index contributed by atoms with van der Waals surface area (Å²) in [5, 5.41) is 0.562. The van der Waals surface area contributed by atoms with Crippen LogP contribution in [0.25, 0.3) is 11.3 Å². The molecule has 0 aliphatic heterocycles. The summed E-state index contributed by atoms with van der Waals surface area (Å²) in [6, 6.07) is 7.43. The van der Waals surface area contributed by atoms with Gasteiger partial charge in [0.25, 0.3) is 0 Å². The van der Waals surface area contributed by atoms with Crippen molar-refractivity contribution in [3.8, 4) is 17.0 Å². The van der Waals surface area contributed by atoms with Crippen LogP contribution in [0.15, 0.2) is 29.3 Å². The van der Waals surface area contributed by atoms with E-state index < -0.39 is 0 Å². The zero-order valence-corrected chi connectivity index (χ0v) is 12.3. The van der Waals surface area contributed by atoms with Crippen LogP contribution in [-0.2, 0) is 0 Å². The summed E-state index contributed by atoms with van der Waals surface area (Å²) in [7, 11) is 5.37. The molecule has 0 atom stereocenters. The van der Waals surface area contributed by atoms with Gasteiger partial charge in [0.2, 0.25) is 5.13 Å². The van der Waals surface area contributed by atoms with Gasteiger partial charge in [-0.05, 0) is 24.3 Å². The van der Waals surface area contributed by atoms with Gasteiger partial charge in [0.05, 0.1) is 24.0 Å². The van der Waals surface area contributed by atoms with Crippen LogP contribution < -0.4 is 4.74 Å². The third kappa shape index (κ3) is 3.21. The van der Waals surface area contributed by atoms with E-state index in [-0.39, 0.29) is 0 Å². The zero-order valence-electron chi connectivity index (χ0n) is 11.5. The highest BCUT2D eigenvalue weighted by atomic mass is 32.1. The van der Waals surface area contributed by atoms with E-state index >= 15 is 0 Å². The molecular formula is C14H15N3O2S. The van der Waals surface area contributed by atoms with E-state index in [1.54, 1.807) is 13.4 Å². The van der Waals surface area contributed by atoms with Crippen LogP contribution in [0, 0.1) is 0 Å². The average molecular weight is 289 g/mol. The second-order valence-corrected chi connectivity index (χ2v) is 5.27. The van der Waals surface area contributed by atoms with Crippen LogP contribution in [0.5, 0.6) is 5.75 Å². The summed E-state index contributed by atoms with van der Waals surface area (Å²) < 4.78 is 5.12. The summed E-state index contributed by atoms with van der Waals surface area (Å²) in [5.41, 5.74) is 1.52. The zero-order chi connectivity index (χ0) is 14.5. The van der Waals surface area contributed by atoms with Gasteiger partial charge in [-0.1, -0.05) is 11.3 Å². The first kappa shape index (κ1) is 14.2. The van der Waals surface area contributed by atoms with Crippen molar-refractivity contribution in [3.63, 3.8) is 0 Å². The van der Waals surface area contributed by atoms with Gasteiger partial charge in [-0.25, -0.2) is 9.98 Å². The van der Waals surface area contributed by atoms with E-state index in [0.717, 1.165) is 17.6 Å². The Bertz CT molecular complexity index is 618. The lowest BCUT2D eigenvalue weighted by Gasteiger charge is -2.01. The lowest BCUT2D eigenvalue weighted by atomic mass is 10.1. The minimum Gasteiger partial charge on any atom is -0.497 e. The Hall–Kier alpha value is -2.21. The summed E-state index contributed by atoms with van der Waals surface area (Å²) in [6.07, 6.45) is 2.47. The van der Waals surface area contributed by atoms with Gasteiger partial charge in [-0.15, -0.1) is 0 Å². The number of carbonyl (C=O) groups excluding carboxylic acids is 1. The molecule has 5 nitrogen and oxygen atoms in total. The molecule has 0 amide bonds. The molecule has 20 heavy (non-hydrogen) atoms. The molecule has 0 radical (unpaired) electrons. The molecule has 104 valence electrons. The summed E-state index contributed by atoms with van der Waals surface area (Å²) >= 11 is 1.27. The third-order valence-corrected chi connectivity index (χ3v) is 3.40. The van der Waals surface area contributed by atoms with Crippen molar-refractivity contribution in [2.75, 3.05) is 21.2 Å². The lowest BCUT2D eigenvalue weighted by molar-refractivity contribution is 0.112. The van der Waals surface area contributed by atoms with Crippen molar-refractivity contribution >= 4 is 29.1 Å². The first-order chi connectivity index (χ1) is 9.63. The molecule has 0 saturated heterocycles. The molecule has 0 spiro atoms. The second-order valence-electron chi connectivity index (χ2n) is 4.26. The van der Waals surface area contributed by atoms with Crippen molar-refractivity contribution in [2.24, 2.45) is 4.99 Å². The van der Waals surface area contributed by atoms with Crippen LogP contribution in [0.1, 0.15) is 9.67 Å². The van der Waals surface area contributed by atoms with Gasteiger partial charge in [-0.2, -0.15) is 0 Å². The maximum Gasteiger partial charge on any atom is 0.211 e. The molecule has 6 heteroatoms. The molecule has 0 aliphatic rings. The third-order valence-electron chi connectivity index (χ3n) is 2.51. The van der Waals surface area contributed by atoms with Gasteiger partial charge in [-0.3, -0.25) is 4.79 Å². The number of nitrogens with zero attached hydrogens (tertiary/aromatic N) is 3. The van der Waals surface area contributed by atoms with Crippen molar-refractivity contribution < 1.29 is 9.53 Å². The van der Waals surface area contributed by atoms with E-state index in [1.807, 2.05) is 43.3 Å². The van der Waals surface area contributed by atoms with Crippen molar-refractivity contribution in [3.05, 3.63) is 29.1 Å². The molecule has 2 aromatic rings. The normalized spacial score (nSPS) is 10.8. The van der Waals surface area contributed by atoms with Gasteiger partial charge in [0.1, 0.15) is 5.75 Å². The minimum atomic E-state index is 0.562. The number of aromatic nitrogens is 1. The molecule has 1 aromatic heterocycles. The quantitative estimate of drug-likeness (QED) is 0.482. The Morgan fingerprint density at radius 1 is 1.30 bits per heavy atom. The molecule has 0 unspecified atom stereocenters. The Balaban J connectivity index is 2.36. The predicted molar refractivity (Wildman–Crippen MR) is 81.3 cm³/mol. The Morgan fingerprint density at radius 3 is 2.55 bits per heavy atom. The molecule has 0 saturated carbocycles. The monoisotopic (exact) mass is 289 g/mol. The molecule has 0 N–H and O–H groups in total. The minimum absolute atomic E-state index is 0.562. The van der Waals surface area contributed by atoms with Crippen LogP contribution in [0.2, 0.25) is 0 Å². The largest absolute Gasteiger partial charge is 0.497 e. The van der Waals surface area contributed by atoms with Gasteiger partial charge in [0.15, 0.2) is 6.29 Å². The lowest BCUT2D eigenvalue weighted by Crippen LogP contribution is -2.06. The van der Waals surface area contributed by atoms with E-state index in [9.17, 15) is 4.79 Å². The number of carbonyl (C=O) groups is 1. The molecule has 1 heterocycles. The number of thiazole rings is 1. The van der Waals surface area contributed by atoms with E-state index in [0.29, 0.717) is 15.7 Å². The van der Waals surface area contributed by atoms with Gasteiger partial charge in [0, 0.05) is 19.7 Å². The van der Waals surface area contributed by atoms with Crippen molar-refractivity contribution in [1.29, 1.82) is 0 Å². The summed E-state index contributed by atoms with van der Waals surface area (Å²) in [4.78, 5) is 22.2. The Labute approximate surface area is 121 Å². The molecule has 2 rings (SSSR count). The van der Waals surface area contributed by atoms with Gasteiger partial charge < -0.3 is 9.64 Å². The number of aldehydes is 1. The molecule has 1 aromatic carbocycles. The highest BCUT2D eigenvalue weighted by molar-refractivity contribution is 7.17. The highest BCUT2D eigenvalue weighted by Crippen LogP contribution is 2.32. The summed E-state index contributed by atoms with van der Waals surface area (Å²) in [5.74, 6) is 0.766. The second kappa shape index (κ2) is 6.29. The number of hydrogen-bond donors (Lipinski definition) is 0. The van der Waals surface area contributed by atoms with Crippen LogP contribution >= 0.6 is 11.3 Å². The molecular weight excluding hydrogens is 274 g/mol. The maximum absolute atomic E-state index is 11.2. The molecule has 0 aliphatic carbocycles. The first-order valence-corrected chi connectivity index (χ1v) is 6.76. The SMILES string of the molecule is COc1ccc(-c2nc(/N=C/N(C)C)sc2C=O)cc1. The maximum atomic E-state index is 11.2. The first-order valence-electron chi connectivity index (χ1n) is 5.95. The number of rotatable bonds is 5. The van der Waals surface area contributed by atoms with Crippen LogP contribution in [0.3, 0.4) is 0 Å². The average Bonchev–Trinajstić information content (AvgIpc) is 2.88. The Morgan fingerprint density at radius 2 is 2.00 bits per heavy atom. The van der Waals surface area contributed by atoms with E-state index in [2.05, 4.69) is 9.98 Å². The topological polar surface area (TPSA) is 54.8 Å². The predicted octanol–water partition coefficient (Wildman–Crippen LogP) is 2.85. The standard InChI is InChI=1S/C14H15N3O2S/c1-17(2)9-15-14-16-13(12(8-18)20-14)10-4-6-11(19-3)7-5-10/h4-9H,1-3H3/b15-9+. The van der Waals surface area contributed by atoms with Crippen LogP contribution in [-0.4, -0.2) is 43.7 Å².